The Kier molecular flexibility index (Phi) is 4.92. The minimum absolute atomic E-state index is 0.167. The summed E-state index contributed by atoms with van der Waals surface area (Å²) >= 11 is 0. The number of carbonyl (C=O) groups is 1. The highest BCUT2D eigenvalue weighted by Crippen LogP contribution is 2.43. The average Bonchev–Trinajstić information content (AvgIpc) is 3.43. The first-order valence-corrected chi connectivity index (χ1v) is 9.82. The van der Waals surface area contributed by atoms with E-state index in [-0.39, 0.29) is 23.6 Å². The highest BCUT2D eigenvalue weighted by Gasteiger charge is 2.32. The van der Waals surface area contributed by atoms with Crippen molar-refractivity contribution in [3.8, 4) is 11.8 Å². The zero-order chi connectivity index (χ0) is 20.7. The van der Waals surface area contributed by atoms with Crippen molar-refractivity contribution >= 4 is 22.6 Å². The maximum atomic E-state index is 12.8. The number of nitrogens with zero attached hydrogens (tertiary/aromatic N) is 3. The Morgan fingerprint density at radius 3 is 2.79 bits per heavy atom. The Morgan fingerprint density at radius 2 is 2.17 bits per heavy atom. The summed E-state index contributed by atoms with van der Waals surface area (Å²) < 4.78 is 7.64. The molecule has 1 aromatic heterocycles. The number of benzene rings is 1. The fourth-order valence-corrected chi connectivity index (χ4v) is 4.28. The second-order valence-corrected chi connectivity index (χ2v) is 7.85. The molecule has 1 saturated heterocycles. The van der Waals surface area contributed by atoms with Gasteiger partial charge in [-0.3, -0.25) is 4.79 Å². The van der Waals surface area contributed by atoms with Gasteiger partial charge >= 0.3 is 5.97 Å². The van der Waals surface area contributed by atoms with Gasteiger partial charge in [-0.05, 0) is 37.3 Å². The Morgan fingerprint density at radius 1 is 1.41 bits per heavy atom. The van der Waals surface area contributed by atoms with E-state index in [1.165, 1.54) is 6.20 Å². The van der Waals surface area contributed by atoms with Crippen molar-refractivity contribution in [2.24, 2.45) is 11.7 Å². The fraction of sp³-hybridized carbons (Fsp3) is 0.476. The smallest absolute Gasteiger partial charge is 0.341 e. The van der Waals surface area contributed by atoms with E-state index < -0.39 is 11.4 Å². The summed E-state index contributed by atoms with van der Waals surface area (Å²) in [5.74, 6) is -0.420. The number of hydrogen-bond donors (Lipinski definition) is 2. The predicted octanol–water partition coefficient (Wildman–Crippen LogP) is 2.11. The van der Waals surface area contributed by atoms with Crippen molar-refractivity contribution in [1.82, 2.24) is 4.57 Å². The Labute approximate surface area is 168 Å². The summed E-state index contributed by atoms with van der Waals surface area (Å²) in [5.41, 5.74) is 6.94. The van der Waals surface area contributed by atoms with Gasteiger partial charge in [-0.25, -0.2) is 4.79 Å². The number of carboxylic acids is 1. The van der Waals surface area contributed by atoms with Gasteiger partial charge in [0.15, 0.2) is 5.75 Å². The molecule has 0 unspecified atom stereocenters. The number of aromatic nitrogens is 1. The lowest BCUT2D eigenvalue weighted by Crippen LogP contribution is -2.32. The number of pyridine rings is 1. The van der Waals surface area contributed by atoms with Crippen LogP contribution in [0.25, 0.3) is 10.9 Å². The van der Waals surface area contributed by atoms with E-state index in [2.05, 4.69) is 11.0 Å². The molecule has 1 saturated carbocycles. The van der Waals surface area contributed by atoms with Crippen LogP contribution in [0, 0.1) is 17.2 Å². The number of methoxy groups -OCH3 is 1. The minimum Gasteiger partial charge on any atom is -0.492 e. The van der Waals surface area contributed by atoms with Gasteiger partial charge in [0.05, 0.1) is 36.2 Å². The number of ether oxygens (including phenoxy) is 1. The van der Waals surface area contributed by atoms with Crippen LogP contribution in [-0.2, 0) is 0 Å². The average molecular weight is 396 g/mol. The third-order valence-corrected chi connectivity index (χ3v) is 6.00. The molecule has 8 heteroatoms. The SMILES string of the molecule is COc1c(N2CC[C@@H]([C@@H](N)CC#N)C2)ccc2c(=O)c(C(=O)O)cn(C3CC3)c12. The van der Waals surface area contributed by atoms with Crippen LogP contribution < -0.4 is 20.8 Å². The molecule has 1 aliphatic heterocycles. The fourth-order valence-electron chi connectivity index (χ4n) is 4.28. The second-order valence-electron chi connectivity index (χ2n) is 7.85. The highest BCUT2D eigenvalue weighted by molar-refractivity contribution is 5.97. The first kappa shape index (κ1) is 19.3. The summed E-state index contributed by atoms with van der Waals surface area (Å²) in [5, 5.41) is 18.7. The molecule has 2 aliphatic rings. The van der Waals surface area contributed by atoms with Gasteiger partial charge < -0.3 is 25.0 Å². The van der Waals surface area contributed by atoms with Crippen LogP contribution in [0.15, 0.2) is 23.1 Å². The Bertz CT molecular complexity index is 1070. The Hall–Kier alpha value is -3.05. The minimum atomic E-state index is -1.22. The zero-order valence-corrected chi connectivity index (χ0v) is 16.3. The standard InChI is InChI=1S/C21H24N4O4/c1-29-20-17(24-9-7-12(10-24)16(23)6-8-22)5-4-14-18(20)25(13-2-3-13)11-15(19(14)26)21(27)28/h4-5,11-13,16H,2-3,6-7,9-10,23H2,1H3,(H,27,28)/t12-,16+/m1/s1. The third kappa shape index (κ3) is 3.32. The summed E-state index contributed by atoms with van der Waals surface area (Å²) in [6.45, 7) is 1.50. The van der Waals surface area contributed by atoms with E-state index in [9.17, 15) is 14.7 Å². The molecule has 29 heavy (non-hydrogen) atoms. The van der Waals surface area contributed by atoms with Crippen LogP contribution in [0.2, 0.25) is 0 Å². The summed E-state index contributed by atoms with van der Waals surface area (Å²) in [6, 6.07) is 5.67. The maximum absolute atomic E-state index is 12.8. The van der Waals surface area contributed by atoms with Crippen molar-refractivity contribution in [3.05, 3.63) is 34.1 Å². The van der Waals surface area contributed by atoms with Gasteiger partial charge in [0.2, 0.25) is 5.43 Å². The molecule has 2 aromatic rings. The quantitative estimate of drug-likeness (QED) is 0.767. The van der Waals surface area contributed by atoms with Crippen molar-refractivity contribution in [1.29, 1.82) is 5.26 Å². The summed E-state index contributed by atoms with van der Waals surface area (Å²) in [6.07, 6.45) is 4.55. The van der Waals surface area contributed by atoms with Gasteiger partial charge in [0, 0.05) is 31.4 Å². The number of aromatic carboxylic acids is 1. The van der Waals surface area contributed by atoms with Crippen LogP contribution >= 0.6 is 0 Å². The lowest BCUT2D eigenvalue weighted by Gasteiger charge is -2.25. The van der Waals surface area contributed by atoms with E-state index in [0.29, 0.717) is 29.6 Å². The molecule has 2 fully saturated rings. The number of nitriles is 1. The molecule has 4 rings (SSSR count). The first-order valence-electron chi connectivity index (χ1n) is 9.82. The van der Waals surface area contributed by atoms with E-state index in [4.69, 9.17) is 15.7 Å². The van der Waals surface area contributed by atoms with Crippen LogP contribution in [0.4, 0.5) is 5.69 Å². The van der Waals surface area contributed by atoms with Crippen molar-refractivity contribution in [2.75, 3.05) is 25.1 Å². The molecule has 2 heterocycles. The normalized spacial score (nSPS) is 19.9. The van der Waals surface area contributed by atoms with Crippen molar-refractivity contribution < 1.29 is 14.6 Å². The van der Waals surface area contributed by atoms with E-state index in [0.717, 1.165) is 31.5 Å². The molecule has 0 bridgehead atoms. The number of fused-ring (bicyclic) bond motifs is 1. The van der Waals surface area contributed by atoms with Gasteiger partial charge in [-0.1, -0.05) is 0 Å². The van der Waals surface area contributed by atoms with Crippen LogP contribution in [0.1, 0.15) is 42.1 Å². The molecule has 8 nitrogen and oxygen atoms in total. The molecular formula is C21H24N4O4. The van der Waals surface area contributed by atoms with Crippen LogP contribution in [0.3, 0.4) is 0 Å². The van der Waals surface area contributed by atoms with Crippen LogP contribution in [0.5, 0.6) is 5.75 Å². The largest absolute Gasteiger partial charge is 0.492 e. The first-order chi connectivity index (χ1) is 14.0. The van der Waals surface area contributed by atoms with Gasteiger partial charge in [-0.2, -0.15) is 5.26 Å². The molecule has 0 radical (unpaired) electrons. The van der Waals surface area contributed by atoms with Crippen molar-refractivity contribution in [3.63, 3.8) is 0 Å². The number of nitrogens with two attached hydrogens (primary N) is 1. The zero-order valence-electron chi connectivity index (χ0n) is 16.3. The van der Waals surface area contributed by atoms with E-state index >= 15 is 0 Å². The van der Waals surface area contributed by atoms with Gasteiger partial charge in [0.1, 0.15) is 5.56 Å². The van der Waals surface area contributed by atoms with Gasteiger partial charge in [0.25, 0.3) is 0 Å². The lowest BCUT2D eigenvalue weighted by atomic mass is 9.98. The monoisotopic (exact) mass is 396 g/mol. The molecule has 3 N–H and O–H groups in total. The molecule has 0 spiro atoms. The summed E-state index contributed by atoms with van der Waals surface area (Å²) in [7, 11) is 1.57. The van der Waals surface area contributed by atoms with Crippen molar-refractivity contribution in [2.45, 2.75) is 37.8 Å². The molecule has 1 aliphatic carbocycles. The molecule has 0 amide bonds. The highest BCUT2D eigenvalue weighted by atomic mass is 16.5. The second kappa shape index (κ2) is 7.41. The van der Waals surface area contributed by atoms with E-state index in [1.54, 1.807) is 13.2 Å². The molecular weight excluding hydrogens is 372 g/mol. The molecule has 1 aromatic carbocycles. The van der Waals surface area contributed by atoms with Crippen LogP contribution in [-0.4, -0.2) is 41.9 Å². The topological polar surface area (TPSA) is 122 Å². The number of carboxylic acid groups (broad SMARTS) is 1. The molecule has 2 atom stereocenters. The third-order valence-electron chi connectivity index (χ3n) is 6.00. The van der Waals surface area contributed by atoms with Gasteiger partial charge in [-0.15, -0.1) is 0 Å². The Balaban J connectivity index is 1.83. The molecule has 152 valence electrons. The number of rotatable bonds is 6. The maximum Gasteiger partial charge on any atom is 0.341 e. The summed E-state index contributed by atoms with van der Waals surface area (Å²) in [4.78, 5) is 26.5. The lowest BCUT2D eigenvalue weighted by molar-refractivity contribution is 0.0695. The number of anilines is 1. The van der Waals surface area contributed by atoms with E-state index in [1.807, 2.05) is 10.6 Å². The predicted molar refractivity (Wildman–Crippen MR) is 109 cm³/mol. The number of hydrogen-bond acceptors (Lipinski definition) is 6.